The number of hydrogen-bond donors (Lipinski definition) is 0. The van der Waals surface area contributed by atoms with Crippen LogP contribution in [0, 0.1) is 5.82 Å². The predicted octanol–water partition coefficient (Wildman–Crippen LogP) is 3.38. The second-order valence-corrected chi connectivity index (χ2v) is 6.91. The normalized spacial score (nSPS) is 11.1. The molecule has 0 fully saturated rings. The molecule has 0 aliphatic carbocycles. The summed E-state index contributed by atoms with van der Waals surface area (Å²) < 4.78 is 17.7. The van der Waals surface area contributed by atoms with Gasteiger partial charge in [0.05, 0.1) is 12.0 Å². The molecular formula is C21H16ClFN4O2. The molecule has 2 aromatic heterocycles. The number of nitrogens with zero attached hydrogens (tertiary/aromatic N) is 4. The van der Waals surface area contributed by atoms with E-state index in [1.165, 1.54) is 35.2 Å². The molecule has 4 rings (SSSR count). The van der Waals surface area contributed by atoms with Crippen LogP contribution in [0.2, 0.25) is 5.02 Å². The minimum Gasteiger partial charge on any atom is -0.320 e. The fourth-order valence-corrected chi connectivity index (χ4v) is 3.48. The van der Waals surface area contributed by atoms with Gasteiger partial charge in [-0.2, -0.15) is 0 Å². The molecule has 0 amide bonds. The van der Waals surface area contributed by atoms with Crippen LogP contribution in [0.25, 0.3) is 16.9 Å². The van der Waals surface area contributed by atoms with Crippen LogP contribution in [-0.4, -0.2) is 18.7 Å². The van der Waals surface area contributed by atoms with E-state index >= 15 is 0 Å². The molecule has 0 spiro atoms. The standard InChI is InChI=1S/C21H16ClFN4O2/c1-2-9-26-20(28)18-19(27(21(26)29)17-8-4-7-16(23)11-17)24-13-25(18)12-14-5-3-6-15(22)10-14/h2-8,10-11,13H,1,9,12H2. The highest BCUT2D eigenvalue weighted by Crippen LogP contribution is 2.17. The smallest absolute Gasteiger partial charge is 0.320 e. The third-order valence-electron chi connectivity index (χ3n) is 4.52. The summed E-state index contributed by atoms with van der Waals surface area (Å²) in [7, 11) is 0. The quantitative estimate of drug-likeness (QED) is 0.474. The molecule has 8 heteroatoms. The number of rotatable bonds is 5. The van der Waals surface area contributed by atoms with E-state index in [2.05, 4.69) is 11.6 Å². The highest BCUT2D eigenvalue weighted by atomic mass is 35.5. The zero-order valence-corrected chi connectivity index (χ0v) is 16.0. The second-order valence-electron chi connectivity index (χ2n) is 6.48. The molecule has 2 aromatic carbocycles. The van der Waals surface area contributed by atoms with Gasteiger partial charge >= 0.3 is 5.69 Å². The van der Waals surface area contributed by atoms with Gasteiger partial charge in [0.15, 0.2) is 11.2 Å². The molecule has 6 nitrogen and oxygen atoms in total. The number of allylic oxidation sites excluding steroid dienone is 1. The highest BCUT2D eigenvalue weighted by Gasteiger charge is 2.19. The molecule has 29 heavy (non-hydrogen) atoms. The van der Waals surface area contributed by atoms with E-state index in [-0.39, 0.29) is 23.4 Å². The molecule has 146 valence electrons. The van der Waals surface area contributed by atoms with Gasteiger partial charge in [0, 0.05) is 18.1 Å². The summed E-state index contributed by atoms with van der Waals surface area (Å²) >= 11 is 6.06. The average Bonchev–Trinajstić information content (AvgIpc) is 3.09. The van der Waals surface area contributed by atoms with Crippen LogP contribution in [-0.2, 0) is 13.1 Å². The van der Waals surface area contributed by atoms with Crippen LogP contribution < -0.4 is 11.2 Å². The van der Waals surface area contributed by atoms with Crippen LogP contribution in [0.5, 0.6) is 0 Å². The average molecular weight is 411 g/mol. The maximum absolute atomic E-state index is 13.8. The minimum absolute atomic E-state index is 0.0191. The summed E-state index contributed by atoms with van der Waals surface area (Å²) in [5.41, 5.74) is 0.447. The Morgan fingerprint density at radius 3 is 2.66 bits per heavy atom. The SMILES string of the molecule is C=CCn1c(=O)c2c(ncn2Cc2cccc(Cl)c2)n(-c2cccc(F)c2)c1=O. The lowest BCUT2D eigenvalue weighted by Crippen LogP contribution is -2.39. The zero-order valence-electron chi connectivity index (χ0n) is 15.3. The molecule has 0 atom stereocenters. The number of benzene rings is 2. The maximum atomic E-state index is 13.8. The summed E-state index contributed by atoms with van der Waals surface area (Å²) in [5.74, 6) is -0.498. The van der Waals surface area contributed by atoms with Crippen molar-refractivity contribution in [1.29, 1.82) is 0 Å². The van der Waals surface area contributed by atoms with Crippen LogP contribution in [0.1, 0.15) is 5.56 Å². The lowest BCUT2D eigenvalue weighted by Gasteiger charge is -2.12. The largest absolute Gasteiger partial charge is 0.337 e. The minimum atomic E-state index is -0.610. The molecule has 0 N–H and O–H groups in total. The summed E-state index contributed by atoms with van der Waals surface area (Å²) in [6.45, 7) is 3.97. The number of imidazole rings is 1. The Morgan fingerprint density at radius 2 is 1.93 bits per heavy atom. The Hall–Kier alpha value is -3.45. The van der Waals surface area contributed by atoms with Gasteiger partial charge in [-0.25, -0.2) is 18.7 Å². The molecule has 0 aliphatic heterocycles. The molecule has 0 unspecified atom stereocenters. The van der Waals surface area contributed by atoms with E-state index in [0.717, 1.165) is 10.1 Å². The van der Waals surface area contributed by atoms with E-state index < -0.39 is 17.1 Å². The van der Waals surface area contributed by atoms with Crippen molar-refractivity contribution in [2.24, 2.45) is 0 Å². The Labute approximate surface area is 169 Å². The van der Waals surface area contributed by atoms with Crippen molar-refractivity contribution in [1.82, 2.24) is 18.7 Å². The van der Waals surface area contributed by atoms with E-state index in [1.54, 1.807) is 22.8 Å². The van der Waals surface area contributed by atoms with Crippen molar-refractivity contribution >= 4 is 22.8 Å². The summed E-state index contributed by atoms with van der Waals surface area (Å²) in [6.07, 6.45) is 2.95. The molecule has 0 saturated heterocycles. The predicted molar refractivity (Wildman–Crippen MR) is 110 cm³/mol. The Bertz CT molecular complexity index is 1350. The van der Waals surface area contributed by atoms with E-state index in [1.807, 2.05) is 12.1 Å². The van der Waals surface area contributed by atoms with Gasteiger partial charge < -0.3 is 4.57 Å². The monoisotopic (exact) mass is 410 g/mol. The van der Waals surface area contributed by atoms with Gasteiger partial charge in [0.1, 0.15) is 5.82 Å². The summed E-state index contributed by atoms with van der Waals surface area (Å²) in [6, 6.07) is 12.8. The van der Waals surface area contributed by atoms with Crippen molar-refractivity contribution in [3.8, 4) is 5.69 Å². The van der Waals surface area contributed by atoms with Gasteiger partial charge in [-0.1, -0.05) is 35.9 Å². The van der Waals surface area contributed by atoms with Crippen molar-refractivity contribution in [2.45, 2.75) is 13.1 Å². The van der Waals surface area contributed by atoms with Crippen molar-refractivity contribution in [2.75, 3.05) is 0 Å². The molecule has 0 saturated carbocycles. The number of fused-ring (bicyclic) bond motifs is 1. The van der Waals surface area contributed by atoms with E-state index in [4.69, 9.17) is 11.6 Å². The van der Waals surface area contributed by atoms with Crippen LogP contribution in [0.15, 0.2) is 77.1 Å². The molecular weight excluding hydrogens is 395 g/mol. The zero-order chi connectivity index (χ0) is 20.5. The highest BCUT2D eigenvalue weighted by molar-refractivity contribution is 6.30. The lowest BCUT2D eigenvalue weighted by atomic mass is 10.2. The van der Waals surface area contributed by atoms with Gasteiger partial charge in [-0.05, 0) is 35.9 Å². The molecule has 0 aliphatic rings. The van der Waals surface area contributed by atoms with Gasteiger partial charge in [0.25, 0.3) is 5.56 Å². The number of hydrogen-bond acceptors (Lipinski definition) is 3. The summed E-state index contributed by atoms with van der Waals surface area (Å²) in [4.78, 5) is 30.4. The Kier molecular flexibility index (Phi) is 4.90. The molecule has 0 radical (unpaired) electrons. The first kappa shape index (κ1) is 18.9. The Balaban J connectivity index is 2.01. The van der Waals surface area contributed by atoms with Gasteiger partial charge in [-0.3, -0.25) is 9.36 Å². The van der Waals surface area contributed by atoms with E-state index in [0.29, 0.717) is 11.6 Å². The lowest BCUT2D eigenvalue weighted by molar-refractivity contribution is 0.624. The topological polar surface area (TPSA) is 61.8 Å². The summed E-state index contributed by atoms with van der Waals surface area (Å²) in [5, 5.41) is 0.577. The van der Waals surface area contributed by atoms with Crippen molar-refractivity contribution < 1.29 is 4.39 Å². The molecule has 4 aromatic rings. The van der Waals surface area contributed by atoms with Crippen molar-refractivity contribution in [3.05, 3.63) is 105 Å². The fraction of sp³-hybridized carbons (Fsp3) is 0.0952. The number of halogens is 2. The van der Waals surface area contributed by atoms with Crippen molar-refractivity contribution in [3.63, 3.8) is 0 Å². The third kappa shape index (κ3) is 3.40. The van der Waals surface area contributed by atoms with E-state index in [9.17, 15) is 14.0 Å². The Morgan fingerprint density at radius 1 is 1.14 bits per heavy atom. The molecule has 2 heterocycles. The molecule has 0 bridgehead atoms. The third-order valence-corrected chi connectivity index (χ3v) is 4.76. The van der Waals surface area contributed by atoms with Crippen LogP contribution in [0.4, 0.5) is 4.39 Å². The number of aromatic nitrogens is 4. The van der Waals surface area contributed by atoms with Gasteiger partial charge in [0.2, 0.25) is 0 Å². The second kappa shape index (κ2) is 7.52. The maximum Gasteiger partial charge on any atom is 0.337 e. The fourth-order valence-electron chi connectivity index (χ4n) is 3.27. The first-order valence-electron chi connectivity index (χ1n) is 8.81. The first-order chi connectivity index (χ1) is 14.0. The van der Waals surface area contributed by atoms with Gasteiger partial charge in [-0.15, -0.1) is 6.58 Å². The van der Waals surface area contributed by atoms with Crippen LogP contribution >= 0.6 is 11.6 Å². The first-order valence-corrected chi connectivity index (χ1v) is 9.19. The van der Waals surface area contributed by atoms with Crippen LogP contribution in [0.3, 0.4) is 0 Å².